The van der Waals surface area contributed by atoms with E-state index in [0.29, 0.717) is 16.6 Å². The molecule has 2 aliphatic heterocycles. The highest BCUT2D eigenvalue weighted by atomic mass is 35.5. The van der Waals surface area contributed by atoms with Crippen LogP contribution in [0.5, 0.6) is 0 Å². The number of fused-ring (bicyclic) bond motifs is 6. The third-order valence-electron chi connectivity index (χ3n) is 5.56. The lowest BCUT2D eigenvalue weighted by atomic mass is 9.99. The number of nitrogens with zero attached hydrogens (tertiary/aromatic N) is 2. The highest BCUT2D eigenvalue weighted by molar-refractivity contribution is 6.36. The Morgan fingerprint density at radius 1 is 1.00 bits per heavy atom. The Kier molecular flexibility index (Phi) is 2.61. The topological polar surface area (TPSA) is 40.6 Å². The Labute approximate surface area is 138 Å². The molecule has 0 spiro atoms. The molecule has 3 atom stereocenters. The first-order valence-electron chi connectivity index (χ1n) is 8.00. The highest BCUT2D eigenvalue weighted by Crippen LogP contribution is 2.48. The van der Waals surface area contributed by atoms with Gasteiger partial charge < -0.3 is 4.90 Å². The predicted octanol–water partition coefficient (Wildman–Crippen LogP) is 3.81. The number of hydrogen-bond acceptors (Lipinski definition) is 2. The average Bonchev–Trinajstić information content (AvgIpc) is 3.24. The van der Waals surface area contributed by atoms with Gasteiger partial charge in [0.25, 0.3) is 5.91 Å². The number of amides is 3. The van der Waals surface area contributed by atoms with E-state index in [1.165, 1.54) is 4.90 Å². The fourth-order valence-electron chi connectivity index (χ4n) is 4.59. The molecule has 116 valence electrons. The number of piperidine rings is 1. The van der Waals surface area contributed by atoms with E-state index < -0.39 is 0 Å². The van der Waals surface area contributed by atoms with Crippen molar-refractivity contribution in [2.75, 3.05) is 4.90 Å². The molecule has 1 aliphatic carbocycles. The largest absolute Gasteiger partial charge is 0.332 e. The fourth-order valence-corrected chi connectivity index (χ4v) is 4.81. The van der Waals surface area contributed by atoms with E-state index >= 15 is 0 Å². The van der Waals surface area contributed by atoms with Crippen molar-refractivity contribution in [1.82, 2.24) is 4.90 Å². The van der Waals surface area contributed by atoms with Crippen LogP contribution in [0.4, 0.5) is 10.5 Å². The smallest absolute Gasteiger partial charge is 0.309 e. The number of carbonyl (C=O) groups is 2. The van der Waals surface area contributed by atoms with Crippen LogP contribution in [0.15, 0.2) is 36.4 Å². The summed E-state index contributed by atoms with van der Waals surface area (Å²) in [4.78, 5) is 29.0. The van der Waals surface area contributed by atoms with Crippen molar-refractivity contribution >= 4 is 40.0 Å². The maximum Gasteiger partial charge on any atom is 0.332 e. The second-order valence-electron chi connectivity index (χ2n) is 6.65. The number of hydrogen-bond donors (Lipinski definition) is 0. The Bertz CT molecular complexity index is 837. The van der Waals surface area contributed by atoms with Gasteiger partial charge in [0.2, 0.25) is 0 Å². The van der Waals surface area contributed by atoms with Crippen molar-refractivity contribution in [3.8, 4) is 0 Å². The quantitative estimate of drug-likeness (QED) is 0.748. The summed E-state index contributed by atoms with van der Waals surface area (Å²) in [5, 5.41) is 2.33. The van der Waals surface area contributed by atoms with Gasteiger partial charge in [-0.2, -0.15) is 0 Å². The van der Waals surface area contributed by atoms with Crippen molar-refractivity contribution < 1.29 is 9.59 Å². The molecule has 0 N–H and O–H groups in total. The van der Waals surface area contributed by atoms with Crippen molar-refractivity contribution in [3.05, 3.63) is 41.4 Å². The van der Waals surface area contributed by atoms with E-state index in [-0.39, 0.29) is 24.0 Å². The molecule has 5 rings (SSSR count). The van der Waals surface area contributed by atoms with Gasteiger partial charge in [0.05, 0.1) is 5.69 Å². The number of imide groups is 1. The lowest BCUT2D eigenvalue weighted by Gasteiger charge is -2.25. The van der Waals surface area contributed by atoms with Crippen LogP contribution in [-0.4, -0.2) is 28.9 Å². The third kappa shape index (κ3) is 1.62. The SMILES string of the molecule is O=C1C2C3CCC(C3)N2C(=O)N1c1ccc(Cl)c2ccccc12. The van der Waals surface area contributed by atoms with Crippen LogP contribution in [0, 0.1) is 5.92 Å². The van der Waals surface area contributed by atoms with Crippen LogP contribution in [0.3, 0.4) is 0 Å². The number of urea groups is 1. The van der Waals surface area contributed by atoms with Gasteiger partial charge in [-0.05, 0) is 37.3 Å². The van der Waals surface area contributed by atoms with Gasteiger partial charge in [0, 0.05) is 21.8 Å². The maximum atomic E-state index is 12.9. The summed E-state index contributed by atoms with van der Waals surface area (Å²) in [6, 6.07) is 11.0. The summed E-state index contributed by atoms with van der Waals surface area (Å²) in [6.45, 7) is 0. The molecule has 23 heavy (non-hydrogen) atoms. The number of rotatable bonds is 1. The standard InChI is InChI=1S/C18H15ClN2O2/c19-14-7-8-15(13-4-2-1-3-12(13)14)21-17(22)16-10-5-6-11(9-10)20(16)18(21)23/h1-4,7-8,10-11,16H,5-6,9H2. The van der Waals surface area contributed by atoms with E-state index in [0.717, 1.165) is 30.0 Å². The Morgan fingerprint density at radius 3 is 2.57 bits per heavy atom. The van der Waals surface area contributed by atoms with E-state index in [2.05, 4.69) is 0 Å². The third-order valence-corrected chi connectivity index (χ3v) is 5.89. The van der Waals surface area contributed by atoms with Crippen molar-refractivity contribution in [1.29, 1.82) is 0 Å². The molecule has 2 aromatic rings. The summed E-state index contributed by atoms with van der Waals surface area (Å²) in [5.41, 5.74) is 0.647. The normalized spacial score (nSPS) is 29.0. The van der Waals surface area contributed by atoms with Gasteiger partial charge in [0.1, 0.15) is 6.04 Å². The second-order valence-corrected chi connectivity index (χ2v) is 7.05. The van der Waals surface area contributed by atoms with Crippen molar-refractivity contribution in [2.45, 2.75) is 31.3 Å². The summed E-state index contributed by atoms with van der Waals surface area (Å²) in [6.07, 6.45) is 3.06. The zero-order valence-electron chi connectivity index (χ0n) is 12.4. The van der Waals surface area contributed by atoms with E-state index in [1.54, 1.807) is 12.1 Å². The summed E-state index contributed by atoms with van der Waals surface area (Å²) < 4.78 is 0. The Morgan fingerprint density at radius 2 is 1.78 bits per heavy atom. The van der Waals surface area contributed by atoms with Crippen LogP contribution in [0.25, 0.3) is 10.8 Å². The molecular weight excluding hydrogens is 312 g/mol. The second kappa shape index (κ2) is 4.48. The van der Waals surface area contributed by atoms with Gasteiger partial charge >= 0.3 is 6.03 Å². The van der Waals surface area contributed by atoms with Gasteiger partial charge in [-0.15, -0.1) is 0 Å². The number of benzene rings is 2. The van der Waals surface area contributed by atoms with E-state index in [9.17, 15) is 9.59 Å². The molecule has 3 fully saturated rings. The number of carbonyl (C=O) groups excluding carboxylic acids is 2. The van der Waals surface area contributed by atoms with Crippen molar-refractivity contribution in [2.24, 2.45) is 5.92 Å². The lowest BCUT2D eigenvalue weighted by Crippen LogP contribution is -2.40. The Balaban J connectivity index is 1.67. The molecule has 1 saturated carbocycles. The summed E-state index contributed by atoms with van der Waals surface area (Å²) in [5.74, 6) is 0.259. The first-order chi connectivity index (χ1) is 11.2. The monoisotopic (exact) mass is 326 g/mol. The molecule has 3 aliphatic rings. The van der Waals surface area contributed by atoms with Gasteiger partial charge in [-0.25, -0.2) is 9.69 Å². The molecule has 0 radical (unpaired) electrons. The zero-order chi connectivity index (χ0) is 15.7. The first kappa shape index (κ1) is 13.4. The molecule has 0 aromatic heterocycles. The zero-order valence-corrected chi connectivity index (χ0v) is 13.2. The number of halogens is 1. The highest BCUT2D eigenvalue weighted by Gasteiger charge is 2.59. The molecular formula is C18H15ClN2O2. The summed E-state index contributed by atoms with van der Waals surface area (Å²) in [7, 11) is 0. The minimum absolute atomic E-state index is 0.0744. The first-order valence-corrected chi connectivity index (χ1v) is 8.38. The van der Waals surface area contributed by atoms with Crippen LogP contribution >= 0.6 is 11.6 Å². The molecule has 3 unspecified atom stereocenters. The van der Waals surface area contributed by atoms with Crippen molar-refractivity contribution in [3.63, 3.8) is 0 Å². The van der Waals surface area contributed by atoms with Crippen LogP contribution in [-0.2, 0) is 4.79 Å². The molecule has 5 heteroatoms. The molecule has 2 saturated heterocycles. The molecule has 2 bridgehead atoms. The Hall–Kier alpha value is -2.07. The minimum Gasteiger partial charge on any atom is -0.309 e. The van der Waals surface area contributed by atoms with Crippen LogP contribution in [0.1, 0.15) is 19.3 Å². The minimum atomic E-state index is -0.254. The molecule has 2 heterocycles. The van der Waals surface area contributed by atoms with Crippen LogP contribution < -0.4 is 4.90 Å². The lowest BCUT2D eigenvalue weighted by molar-refractivity contribution is -0.120. The molecule has 3 amide bonds. The average molecular weight is 327 g/mol. The van der Waals surface area contributed by atoms with E-state index in [4.69, 9.17) is 11.6 Å². The van der Waals surface area contributed by atoms with Crippen LogP contribution in [0.2, 0.25) is 5.02 Å². The van der Waals surface area contributed by atoms with Gasteiger partial charge in [0.15, 0.2) is 0 Å². The summed E-state index contributed by atoms with van der Waals surface area (Å²) >= 11 is 6.26. The van der Waals surface area contributed by atoms with Gasteiger partial charge in [-0.1, -0.05) is 35.9 Å². The molecule has 4 nitrogen and oxygen atoms in total. The fraction of sp³-hybridized carbons (Fsp3) is 0.333. The number of anilines is 1. The molecule has 2 aromatic carbocycles. The van der Waals surface area contributed by atoms with Gasteiger partial charge in [-0.3, -0.25) is 4.79 Å². The predicted molar refractivity (Wildman–Crippen MR) is 88.6 cm³/mol. The van der Waals surface area contributed by atoms with E-state index in [1.807, 2.05) is 29.2 Å². The maximum absolute atomic E-state index is 12.9.